The van der Waals surface area contributed by atoms with Gasteiger partial charge in [-0.15, -0.1) is 11.3 Å². The first kappa shape index (κ1) is 19.9. The quantitative estimate of drug-likeness (QED) is 0.374. The van der Waals surface area contributed by atoms with E-state index in [0.717, 1.165) is 18.9 Å². The lowest BCUT2D eigenvalue weighted by molar-refractivity contribution is 0.154. The van der Waals surface area contributed by atoms with Crippen molar-refractivity contribution in [3.05, 3.63) is 21.9 Å². The van der Waals surface area contributed by atoms with Gasteiger partial charge in [0.25, 0.3) is 0 Å². The number of hydrogen-bond donors (Lipinski definition) is 2. The molecule has 0 saturated heterocycles. The third kappa shape index (κ3) is 9.58. The van der Waals surface area contributed by atoms with Gasteiger partial charge in [0.05, 0.1) is 25.5 Å². The summed E-state index contributed by atoms with van der Waals surface area (Å²) in [5.74, 6) is 0.796. The molecule has 0 aromatic carbocycles. The van der Waals surface area contributed by atoms with E-state index in [1.165, 1.54) is 16.0 Å². The zero-order valence-corrected chi connectivity index (χ0v) is 15.7. The Morgan fingerprint density at radius 3 is 2.57 bits per heavy atom. The van der Waals surface area contributed by atoms with Crippen LogP contribution in [0.5, 0.6) is 0 Å². The minimum absolute atomic E-state index is 0.0549. The number of nitrogens with one attached hydrogen (secondary N) is 2. The molecule has 1 aromatic rings. The molecule has 0 fully saturated rings. The molecule has 2 N–H and O–H groups in total. The second kappa shape index (κ2) is 10.6. The smallest absolute Gasteiger partial charge is 0.191 e. The van der Waals surface area contributed by atoms with E-state index >= 15 is 0 Å². The summed E-state index contributed by atoms with van der Waals surface area (Å²) in [5, 5.41) is 6.36. The van der Waals surface area contributed by atoms with E-state index < -0.39 is 9.84 Å². The number of rotatable bonds is 10. The molecular weight excluding hydrogens is 334 g/mol. The monoisotopic (exact) mass is 361 g/mol. The fraction of sp³-hybridized carbons (Fsp3) is 0.667. The lowest BCUT2D eigenvalue weighted by Gasteiger charge is -2.11. The number of aliphatic imine (C=N–C) groups is 1. The second-order valence-electron chi connectivity index (χ2n) is 5.09. The summed E-state index contributed by atoms with van der Waals surface area (Å²) in [6.07, 6.45) is 2.26. The molecule has 1 rings (SSSR count). The number of hydrogen-bond acceptors (Lipinski definition) is 5. The number of sulfone groups is 1. The van der Waals surface area contributed by atoms with Crippen molar-refractivity contribution < 1.29 is 13.2 Å². The SMILES string of the molecule is CCNC(=NCc1ccc(CC)s1)NCCOCCS(C)(=O)=O. The molecular formula is C15H27N3O3S2. The van der Waals surface area contributed by atoms with E-state index in [4.69, 9.17) is 4.74 Å². The van der Waals surface area contributed by atoms with Crippen LogP contribution < -0.4 is 10.6 Å². The predicted octanol–water partition coefficient (Wildman–Crippen LogP) is 1.43. The van der Waals surface area contributed by atoms with Crippen molar-refractivity contribution in [3.8, 4) is 0 Å². The van der Waals surface area contributed by atoms with E-state index in [2.05, 4.69) is 34.7 Å². The molecule has 0 bridgehead atoms. The van der Waals surface area contributed by atoms with Crippen LogP contribution in [0.3, 0.4) is 0 Å². The van der Waals surface area contributed by atoms with E-state index in [9.17, 15) is 8.42 Å². The topological polar surface area (TPSA) is 79.8 Å². The summed E-state index contributed by atoms with van der Waals surface area (Å²) in [6, 6.07) is 4.26. The lowest BCUT2D eigenvalue weighted by atomic mass is 10.4. The van der Waals surface area contributed by atoms with Crippen molar-refractivity contribution in [2.75, 3.05) is 38.3 Å². The molecule has 8 heteroatoms. The Bertz CT molecular complexity index is 583. The van der Waals surface area contributed by atoms with Crippen molar-refractivity contribution >= 4 is 27.1 Å². The number of guanidine groups is 1. The highest BCUT2D eigenvalue weighted by atomic mass is 32.2. The molecule has 23 heavy (non-hydrogen) atoms. The van der Waals surface area contributed by atoms with Crippen LogP contribution in [0.25, 0.3) is 0 Å². The van der Waals surface area contributed by atoms with Crippen LogP contribution in [0.4, 0.5) is 0 Å². The standard InChI is InChI=1S/C15H27N3O3S2/c1-4-13-6-7-14(22-13)12-18-15(16-5-2)17-8-9-21-10-11-23(3,19)20/h6-7H,4-5,8-12H2,1-3H3,(H2,16,17,18). The molecule has 1 heterocycles. The van der Waals surface area contributed by atoms with Crippen molar-refractivity contribution in [1.29, 1.82) is 0 Å². The lowest BCUT2D eigenvalue weighted by Crippen LogP contribution is -2.39. The van der Waals surface area contributed by atoms with Gasteiger partial charge in [-0.1, -0.05) is 6.92 Å². The molecule has 132 valence electrons. The highest BCUT2D eigenvalue weighted by Crippen LogP contribution is 2.17. The van der Waals surface area contributed by atoms with E-state index in [-0.39, 0.29) is 12.4 Å². The van der Waals surface area contributed by atoms with Gasteiger partial charge in [0, 0.05) is 29.1 Å². The van der Waals surface area contributed by atoms with Crippen LogP contribution in [0.15, 0.2) is 17.1 Å². The normalized spacial score (nSPS) is 12.4. The summed E-state index contributed by atoms with van der Waals surface area (Å²) in [6.45, 7) is 6.84. The highest BCUT2D eigenvalue weighted by Gasteiger charge is 2.02. The molecule has 0 radical (unpaired) electrons. The largest absolute Gasteiger partial charge is 0.379 e. The first-order valence-electron chi connectivity index (χ1n) is 7.79. The Morgan fingerprint density at radius 1 is 1.22 bits per heavy atom. The van der Waals surface area contributed by atoms with Gasteiger partial charge >= 0.3 is 0 Å². The first-order valence-corrected chi connectivity index (χ1v) is 10.7. The molecule has 0 aliphatic heterocycles. The maximum atomic E-state index is 11.0. The van der Waals surface area contributed by atoms with E-state index in [1.807, 2.05) is 6.92 Å². The Morgan fingerprint density at radius 2 is 1.96 bits per heavy atom. The molecule has 0 atom stereocenters. The number of thiophene rings is 1. The Labute approximate surface area is 143 Å². The molecule has 0 spiro atoms. The van der Waals surface area contributed by atoms with Crippen LogP contribution in [0.2, 0.25) is 0 Å². The average Bonchev–Trinajstić information content (AvgIpc) is 2.95. The molecule has 6 nitrogen and oxygen atoms in total. The summed E-state index contributed by atoms with van der Waals surface area (Å²) < 4.78 is 27.3. The van der Waals surface area contributed by atoms with Crippen molar-refractivity contribution in [1.82, 2.24) is 10.6 Å². The van der Waals surface area contributed by atoms with Gasteiger partial charge in [-0.3, -0.25) is 0 Å². The van der Waals surface area contributed by atoms with E-state index in [1.54, 1.807) is 11.3 Å². The maximum absolute atomic E-state index is 11.0. The fourth-order valence-corrected chi connectivity index (χ4v) is 3.05. The third-order valence-electron chi connectivity index (χ3n) is 2.94. The molecule has 0 unspecified atom stereocenters. The van der Waals surface area contributed by atoms with Gasteiger partial charge < -0.3 is 15.4 Å². The summed E-state index contributed by atoms with van der Waals surface area (Å²) in [7, 11) is -2.96. The fourth-order valence-electron chi connectivity index (χ4n) is 1.75. The maximum Gasteiger partial charge on any atom is 0.191 e. The Hall–Kier alpha value is -1.12. The summed E-state index contributed by atoms with van der Waals surface area (Å²) in [5.41, 5.74) is 0. The molecule has 0 saturated carbocycles. The molecule has 0 aliphatic rings. The van der Waals surface area contributed by atoms with Gasteiger partial charge in [0.15, 0.2) is 5.96 Å². The van der Waals surface area contributed by atoms with Crippen LogP contribution in [-0.4, -0.2) is 52.7 Å². The second-order valence-corrected chi connectivity index (χ2v) is 8.60. The first-order chi connectivity index (χ1) is 10.9. The van der Waals surface area contributed by atoms with Crippen LogP contribution in [0, 0.1) is 0 Å². The number of aryl methyl sites for hydroxylation is 1. The van der Waals surface area contributed by atoms with Crippen molar-refractivity contribution in [3.63, 3.8) is 0 Å². The van der Waals surface area contributed by atoms with Gasteiger partial charge in [-0.2, -0.15) is 0 Å². The van der Waals surface area contributed by atoms with Gasteiger partial charge in [-0.25, -0.2) is 13.4 Å². The Kier molecular flexibility index (Phi) is 9.20. The van der Waals surface area contributed by atoms with Crippen LogP contribution in [-0.2, 0) is 27.5 Å². The van der Waals surface area contributed by atoms with Gasteiger partial charge in [0.1, 0.15) is 9.84 Å². The summed E-state index contributed by atoms with van der Waals surface area (Å²) in [4.78, 5) is 7.15. The highest BCUT2D eigenvalue weighted by molar-refractivity contribution is 7.90. The van der Waals surface area contributed by atoms with Gasteiger partial charge in [-0.05, 0) is 25.5 Å². The molecule has 1 aromatic heterocycles. The Balaban J connectivity index is 2.32. The number of ether oxygens (including phenoxy) is 1. The number of nitrogens with zero attached hydrogens (tertiary/aromatic N) is 1. The minimum atomic E-state index is -2.96. The zero-order valence-electron chi connectivity index (χ0n) is 14.1. The molecule has 0 amide bonds. The van der Waals surface area contributed by atoms with Crippen molar-refractivity contribution in [2.24, 2.45) is 4.99 Å². The van der Waals surface area contributed by atoms with Crippen LogP contribution in [0.1, 0.15) is 23.6 Å². The summed E-state index contributed by atoms with van der Waals surface area (Å²) >= 11 is 1.79. The van der Waals surface area contributed by atoms with E-state index in [0.29, 0.717) is 19.7 Å². The van der Waals surface area contributed by atoms with Crippen molar-refractivity contribution in [2.45, 2.75) is 26.8 Å². The third-order valence-corrected chi connectivity index (χ3v) is 5.06. The predicted molar refractivity (Wildman–Crippen MR) is 97.0 cm³/mol. The van der Waals surface area contributed by atoms with Crippen LogP contribution >= 0.6 is 11.3 Å². The van der Waals surface area contributed by atoms with Gasteiger partial charge in [0.2, 0.25) is 0 Å². The minimum Gasteiger partial charge on any atom is -0.379 e. The zero-order chi connectivity index (χ0) is 17.1. The average molecular weight is 362 g/mol. The molecule has 0 aliphatic carbocycles.